The SMILES string of the molecule is O=C(CCCS(=O)(=O)c1ccccc1)N(CCn1cccn1)c1nc2ccc(F)cc2s1. The first-order chi connectivity index (χ1) is 15.4. The zero-order chi connectivity index (χ0) is 22.6. The number of nitrogens with zero attached hydrogens (tertiary/aromatic N) is 4. The van der Waals surface area contributed by atoms with Gasteiger partial charge in [-0.25, -0.2) is 17.8 Å². The summed E-state index contributed by atoms with van der Waals surface area (Å²) >= 11 is 1.23. The summed E-state index contributed by atoms with van der Waals surface area (Å²) in [6, 6.07) is 14.3. The van der Waals surface area contributed by atoms with Gasteiger partial charge >= 0.3 is 0 Å². The molecule has 0 aliphatic carbocycles. The molecule has 166 valence electrons. The normalized spacial score (nSPS) is 11.7. The van der Waals surface area contributed by atoms with Crippen molar-refractivity contribution in [3.05, 3.63) is 72.8 Å². The van der Waals surface area contributed by atoms with Crippen LogP contribution in [0.25, 0.3) is 10.2 Å². The average molecular weight is 473 g/mol. The van der Waals surface area contributed by atoms with Crippen molar-refractivity contribution in [2.75, 3.05) is 17.2 Å². The molecular weight excluding hydrogens is 451 g/mol. The van der Waals surface area contributed by atoms with E-state index in [4.69, 9.17) is 0 Å². The number of hydrogen-bond acceptors (Lipinski definition) is 6. The molecule has 0 aliphatic rings. The number of fused-ring (bicyclic) bond motifs is 1. The van der Waals surface area contributed by atoms with Gasteiger partial charge in [-0.05, 0) is 42.8 Å². The summed E-state index contributed by atoms with van der Waals surface area (Å²) in [5.74, 6) is -0.728. The van der Waals surface area contributed by atoms with Gasteiger partial charge in [-0.1, -0.05) is 29.5 Å². The second kappa shape index (κ2) is 9.58. The Morgan fingerprint density at radius 3 is 2.69 bits per heavy atom. The van der Waals surface area contributed by atoms with Crippen molar-refractivity contribution >= 4 is 42.4 Å². The predicted molar refractivity (Wildman–Crippen MR) is 122 cm³/mol. The van der Waals surface area contributed by atoms with Crippen molar-refractivity contribution in [1.82, 2.24) is 14.8 Å². The van der Waals surface area contributed by atoms with E-state index in [0.717, 1.165) is 0 Å². The first-order valence-electron chi connectivity index (χ1n) is 10.0. The number of aromatic nitrogens is 3. The Labute approximate surface area is 189 Å². The highest BCUT2D eigenvalue weighted by atomic mass is 32.2. The van der Waals surface area contributed by atoms with Crippen LogP contribution in [0.2, 0.25) is 0 Å². The topological polar surface area (TPSA) is 85.2 Å². The molecule has 0 saturated heterocycles. The third-order valence-corrected chi connectivity index (χ3v) is 7.75. The Hall–Kier alpha value is -3.11. The maximum atomic E-state index is 13.6. The van der Waals surface area contributed by atoms with E-state index in [2.05, 4.69) is 10.1 Å². The molecule has 0 aliphatic heterocycles. The number of carbonyl (C=O) groups excluding carboxylic acids is 1. The number of anilines is 1. The Morgan fingerprint density at radius 2 is 1.94 bits per heavy atom. The van der Waals surface area contributed by atoms with E-state index < -0.39 is 9.84 Å². The Morgan fingerprint density at radius 1 is 1.12 bits per heavy atom. The van der Waals surface area contributed by atoms with Gasteiger partial charge in [0.05, 0.1) is 27.4 Å². The van der Waals surface area contributed by atoms with Crippen LogP contribution in [0.15, 0.2) is 71.9 Å². The van der Waals surface area contributed by atoms with Gasteiger partial charge < -0.3 is 0 Å². The van der Waals surface area contributed by atoms with Crippen LogP contribution in [0.4, 0.5) is 9.52 Å². The van der Waals surface area contributed by atoms with E-state index in [-0.39, 0.29) is 35.2 Å². The molecule has 0 bridgehead atoms. The first kappa shape index (κ1) is 22.1. The summed E-state index contributed by atoms with van der Waals surface area (Å²) in [5, 5.41) is 4.61. The van der Waals surface area contributed by atoms with Crippen LogP contribution in [0.3, 0.4) is 0 Å². The third kappa shape index (κ3) is 5.20. The van der Waals surface area contributed by atoms with Crippen molar-refractivity contribution in [3.63, 3.8) is 0 Å². The maximum Gasteiger partial charge on any atom is 0.228 e. The lowest BCUT2D eigenvalue weighted by Crippen LogP contribution is -2.34. The van der Waals surface area contributed by atoms with Crippen molar-refractivity contribution in [2.45, 2.75) is 24.3 Å². The van der Waals surface area contributed by atoms with Crippen molar-refractivity contribution < 1.29 is 17.6 Å². The maximum absolute atomic E-state index is 13.6. The van der Waals surface area contributed by atoms with E-state index in [1.54, 1.807) is 59.5 Å². The number of amides is 1. The largest absolute Gasteiger partial charge is 0.286 e. The van der Waals surface area contributed by atoms with E-state index in [0.29, 0.717) is 28.4 Å². The molecule has 0 spiro atoms. The van der Waals surface area contributed by atoms with Crippen molar-refractivity contribution in [2.24, 2.45) is 0 Å². The summed E-state index contributed by atoms with van der Waals surface area (Å²) in [5.41, 5.74) is 0.606. The van der Waals surface area contributed by atoms with Crippen LogP contribution in [0.5, 0.6) is 0 Å². The van der Waals surface area contributed by atoms with Crippen LogP contribution in [0, 0.1) is 5.82 Å². The van der Waals surface area contributed by atoms with E-state index in [1.807, 2.05) is 0 Å². The molecule has 0 unspecified atom stereocenters. The number of halogens is 1. The molecule has 0 saturated carbocycles. The molecule has 2 aromatic heterocycles. The number of rotatable bonds is 9. The molecule has 0 radical (unpaired) electrons. The average Bonchev–Trinajstić information content (AvgIpc) is 3.44. The second-order valence-electron chi connectivity index (χ2n) is 7.16. The van der Waals surface area contributed by atoms with Gasteiger partial charge in [0.1, 0.15) is 5.82 Å². The fourth-order valence-corrected chi connectivity index (χ4v) is 5.62. The number of sulfone groups is 1. The fraction of sp³-hybridized carbons (Fsp3) is 0.227. The van der Waals surface area contributed by atoms with Gasteiger partial charge in [0.15, 0.2) is 15.0 Å². The zero-order valence-electron chi connectivity index (χ0n) is 17.1. The molecule has 2 aromatic carbocycles. The van der Waals surface area contributed by atoms with Crippen LogP contribution in [-0.2, 0) is 21.2 Å². The van der Waals surface area contributed by atoms with Gasteiger partial charge in [0.2, 0.25) is 5.91 Å². The summed E-state index contributed by atoms with van der Waals surface area (Å²) in [7, 11) is -3.46. The van der Waals surface area contributed by atoms with Crippen LogP contribution in [0.1, 0.15) is 12.8 Å². The van der Waals surface area contributed by atoms with Gasteiger partial charge in [-0.2, -0.15) is 5.10 Å². The molecular formula is C22H21FN4O3S2. The van der Waals surface area contributed by atoms with Gasteiger partial charge in [-0.15, -0.1) is 0 Å². The van der Waals surface area contributed by atoms with E-state index in [9.17, 15) is 17.6 Å². The smallest absolute Gasteiger partial charge is 0.228 e. The minimum atomic E-state index is -3.46. The van der Waals surface area contributed by atoms with Crippen LogP contribution < -0.4 is 4.90 Å². The lowest BCUT2D eigenvalue weighted by atomic mass is 10.3. The standard InChI is InChI=1S/C22H21FN4O3S2/c23-17-9-10-19-20(16-17)31-22(25-19)27(14-13-26-12-5-11-24-26)21(28)8-4-15-32(29,30)18-6-2-1-3-7-18/h1-3,5-7,9-12,16H,4,8,13-15H2. The highest BCUT2D eigenvalue weighted by molar-refractivity contribution is 7.91. The fourth-order valence-electron chi connectivity index (χ4n) is 3.26. The predicted octanol–water partition coefficient (Wildman–Crippen LogP) is 3.92. The summed E-state index contributed by atoms with van der Waals surface area (Å²) in [4.78, 5) is 19.3. The molecule has 10 heteroatoms. The molecule has 4 rings (SSSR count). The lowest BCUT2D eigenvalue weighted by Gasteiger charge is -2.20. The lowest BCUT2D eigenvalue weighted by molar-refractivity contribution is -0.118. The van der Waals surface area contributed by atoms with E-state index >= 15 is 0 Å². The molecule has 0 fully saturated rings. The van der Waals surface area contributed by atoms with Crippen molar-refractivity contribution in [3.8, 4) is 0 Å². The first-order valence-corrected chi connectivity index (χ1v) is 12.5. The van der Waals surface area contributed by atoms with Gasteiger partial charge in [0, 0.05) is 25.4 Å². The number of thiazole rings is 1. The van der Waals surface area contributed by atoms with Crippen molar-refractivity contribution in [1.29, 1.82) is 0 Å². The quantitative estimate of drug-likeness (QED) is 0.369. The zero-order valence-corrected chi connectivity index (χ0v) is 18.7. The molecule has 2 heterocycles. The summed E-state index contributed by atoms with van der Waals surface area (Å²) < 4.78 is 40.9. The Kier molecular flexibility index (Phi) is 6.61. The highest BCUT2D eigenvalue weighted by Crippen LogP contribution is 2.30. The number of carbonyl (C=O) groups is 1. The molecule has 0 atom stereocenters. The molecule has 7 nitrogen and oxygen atoms in total. The monoisotopic (exact) mass is 472 g/mol. The van der Waals surface area contributed by atoms with Crippen LogP contribution in [-0.4, -0.2) is 41.4 Å². The van der Waals surface area contributed by atoms with E-state index in [1.165, 1.54) is 28.4 Å². The third-order valence-electron chi connectivity index (χ3n) is 4.89. The molecule has 32 heavy (non-hydrogen) atoms. The summed E-state index contributed by atoms with van der Waals surface area (Å²) in [6.07, 6.45) is 3.69. The number of benzene rings is 2. The number of hydrogen-bond donors (Lipinski definition) is 0. The minimum absolute atomic E-state index is 0.0510. The Balaban J connectivity index is 1.48. The summed E-state index contributed by atoms with van der Waals surface area (Å²) in [6.45, 7) is 0.763. The van der Waals surface area contributed by atoms with Gasteiger partial charge in [0.25, 0.3) is 0 Å². The second-order valence-corrected chi connectivity index (χ2v) is 10.3. The van der Waals surface area contributed by atoms with Crippen LogP contribution >= 0.6 is 11.3 Å². The van der Waals surface area contributed by atoms with Gasteiger partial charge in [-0.3, -0.25) is 14.4 Å². The minimum Gasteiger partial charge on any atom is -0.286 e. The molecule has 0 N–H and O–H groups in total. The molecule has 4 aromatic rings. The molecule has 1 amide bonds. The highest BCUT2D eigenvalue weighted by Gasteiger charge is 2.21. The Bertz CT molecular complexity index is 1310.